The van der Waals surface area contributed by atoms with Crippen molar-refractivity contribution < 1.29 is 0 Å². The molecule has 0 aliphatic heterocycles. The number of hydrogen-bond acceptors (Lipinski definition) is 3. The Bertz CT molecular complexity index is 444. The van der Waals surface area contributed by atoms with Crippen molar-refractivity contribution in [1.82, 2.24) is 9.55 Å². The molecule has 4 heteroatoms. The second-order valence-electron chi connectivity index (χ2n) is 3.63. The van der Waals surface area contributed by atoms with Gasteiger partial charge in [0.1, 0.15) is 0 Å². The van der Waals surface area contributed by atoms with Gasteiger partial charge in [-0.25, -0.2) is 4.98 Å². The molecule has 84 valence electrons. The molecule has 2 rings (SSSR count). The van der Waals surface area contributed by atoms with Gasteiger partial charge in [0, 0.05) is 31.2 Å². The lowest BCUT2D eigenvalue weighted by molar-refractivity contribution is 0.763. The van der Waals surface area contributed by atoms with E-state index in [9.17, 15) is 0 Å². The molecule has 0 atom stereocenters. The zero-order chi connectivity index (χ0) is 11.4. The van der Waals surface area contributed by atoms with Gasteiger partial charge in [0.15, 0.2) is 0 Å². The van der Waals surface area contributed by atoms with Gasteiger partial charge in [-0.15, -0.1) is 0 Å². The molecular formula is C12H16N4. The molecular weight excluding hydrogens is 200 g/mol. The van der Waals surface area contributed by atoms with Crippen LogP contribution in [0, 0.1) is 0 Å². The number of aromatic nitrogens is 2. The largest absolute Gasteiger partial charge is 0.399 e. The van der Waals surface area contributed by atoms with Crippen molar-refractivity contribution >= 4 is 11.6 Å². The number of rotatable bonds is 4. The Kier molecular flexibility index (Phi) is 3.10. The molecule has 0 unspecified atom stereocenters. The second-order valence-corrected chi connectivity index (χ2v) is 3.63. The number of nitrogens with zero attached hydrogens (tertiary/aromatic N) is 2. The number of hydrogen-bond donors (Lipinski definition) is 2. The zero-order valence-electron chi connectivity index (χ0n) is 9.35. The van der Waals surface area contributed by atoms with Crippen molar-refractivity contribution in [3.05, 3.63) is 42.2 Å². The van der Waals surface area contributed by atoms with Gasteiger partial charge in [0.2, 0.25) is 5.95 Å². The Balaban J connectivity index is 1.99. The van der Waals surface area contributed by atoms with Crippen LogP contribution in [0.5, 0.6) is 0 Å². The number of nitrogens with two attached hydrogens (primary N) is 1. The summed E-state index contributed by atoms with van der Waals surface area (Å²) in [6.45, 7) is 3.78. The van der Waals surface area contributed by atoms with Gasteiger partial charge in [0.05, 0.1) is 0 Å². The lowest BCUT2D eigenvalue weighted by Crippen LogP contribution is -2.06. The predicted octanol–water partition coefficient (Wildman–Crippen LogP) is 2.10. The molecule has 0 aliphatic carbocycles. The molecule has 0 saturated heterocycles. The van der Waals surface area contributed by atoms with E-state index >= 15 is 0 Å². The minimum Gasteiger partial charge on any atom is -0.399 e. The molecule has 1 aromatic carbocycles. The van der Waals surface area contributed by atoms with E-state index < -0.39 is 0 Å². The third-order valence-electron chi connectivity index (χ3n) is 2.49. The van der Waals surface area contributed by atoms with E-state index in [1.54, 1.807) is 6.20 Å². The van der Waals surface area contributed by atoms with E-state index in [1.807, 2.05) is 30.5 Å². The van der Waals surface area contributed by atoms with Gasteiger partial charge >= 0.3 is 0 Å². The minimum absolute atomic E-state index is 0.761. The smallest absolute Gasteiger partial charge is 0.203 e. The monoisotopic (exact) mass is 216 g/mol. The first-order chi connectivity index (χ1) is 7.79. The molecule has 2 aromatic rings. The number of benzene rings is 1. The number of imidazole rings is 1. The topological polar surface area (TPSA) is 55.9 Å². The van der Waals surface area contributed by atoms with Crippen LogP contribution in [0.15, 0.2) is 36.7 Å². The Morgan fingerprint density at radius 1 is 1.31 bits per heavy atom. The first-order valence-corrected chi connectivity index (χ1v) is 5.39. The van der Waals surface area contributed by atoms with Crippen LogP contribution < -0.4 is 11.1 Å². The van der Waals surface area contributed by atoms with Crippen molar-refractivity contribution in [2.75, 3.05) is 11.1 Å². The van der Waals surface area contributed by atoms with Crippen LogP contribution in [0.1, 0.15) is 12.5 Å². The van der Waals surface area contributed by atoms with Crippen LogP contribution in [-0.4, -0.2) is 9.55 Å². The maximum atomic E-state index is 5.63. The molecule has 3 N–H and O–H groups in total. The second kappa shape index (κ2) is 4.70. The molecule has 0 bridgehead atoms. The summed E-state index contributed by atoms with van der Waals surface area (Å²) >= 11 is 0. The fourth-order valence-electron chi connectivity index (χ4n) is 1.55. The third-order valence-corrected chi connectivity index (χ3v) is 2.49. The lowest BCUT2D eigenvalue weighted by Gasteiger charge is -2.07. The van der Waals surface area contributed by atoms with Crippen LogP contribution >= 0.6 is 0 Å². The van der Waals surface area contributed by atoms with Gasteiger partial charge in [-0.3, -0.25) is 0 Å². The molecule has 0 radical (unpaired) electrons. The maximum absolute atomic E-state index is 5.63. The molecule has 0 spiro atoms. The molecule has 1 heterocycles. The summed E-state index contributed by atoms with van der Waals surface area (Å²) in [5, 5.41) is 3.29. The number of nitrogen functional groups attached to an aromatic ring is 1. The molecule has 4 nitrogen and oxygen atoms in total. The van der Waals surface area contributed by atoms with Crippen LogP contribution in [0.3, 0.4) is 0 Å². The number of nitrogens with one attached hydrogen (secondary N) is 1. The summed E-state index contributed by atoms with van der Waals surface area (Å²) in [6.07, 6.45) is 3.76. The molecule has 0 saturated carbocycles. The average molecular weight is 216 g/mol. The van der Waals surface area contributed by atoms with Gasteiger partial charge in [0.25, 0.3) is 0 Å². The van der Waals surface area contributed by atoms with E-state index in [1.165, 1.54) is 5.56 Å². The van der Waals surface area contributed by atoms with Crippen molar-refractivity contribution in [1.29, 1.82) is 0 Å². The van der Waals surface area contributed by atoms with Crippen molar-refractivity contribution in [3.8, 4) is 0 Å². The standard InChI is InChI=1S/C12H16N4/c1-2-16-8-7-14-12(16)15-9-10-3-5-11(13)6-4-10/h3-8H,2,9,13H2,1H3,(H,14,15). The highest BCUT2D eigenvalue weighted by molar-refractivity contribution is 5.40. The predicted molar refractivity (Wildman–Crippen MR) is 66.1 cm³/mol. The molecule has 0 amide bonds. The van der Waals surface area contributed by atoms with Crippen LogP contribution in [0.2, 0.25) is 0 Å². The highest BCUT2D eigenvalue weighted by Gasteiger charge is 1.99. The Morgan fingerprint density at radius 2 is 2.06 bits per heavy atom. The van der Waals surface area contributed by atoms with E-state index in [4.69, 9.17) is 5.73 Å². The van der Waals surface area contributed by atoms with Crippen LogP contribution in [0.25, 0.3) is 0 Å². The lowest BCUT2D eigenvalue weighted by atomic mass is 10.2. The Morgan fingerprint density at radius 3 is 2.75 bits per heavy atom. The van der Waals surface area contributed by atoms with Crippen molar-refractivity contribution in [2.45, 2.75) is 20.0 Å². The Labute approximate surface area is 95.1 Å². The van der Waals surface area contributed by atoms with Crippen LogP contribution in [-0.2, 0) is 13.1 Å². The van der Waals surface area contributed by atoms with E-state index in [2.05, 4.69) is 21.8 Å². The number of anilines is 2. The summed E-state index contributed by atoms with van der Waals surface area (Å²) in [5.41, 5.74) is 7.61. The molecule has 16 heavy (non-hydrogen) atoms. The van der Waals surface area contributed by atoms with E-state index in [0.717, 1.165) is 24.7 Å². The summed E-state index contributed by atoms with van der Waals surface area (Å²) in [5.74, 6) is 0.902. The number of aryl methyl sites for hydroxylation is 1. The SMILES string of the molecule is CCn1ccnc1NCc1ccc(N)cc1. The van der Waals surface area contributed by atoms with Gasteiger partial charge in [-0.2, -0.15) is 0 Å². The van der Waals surface area contributed by atoms with Crippen molar-refractivity contribution in [2.24, 2.45) is 0 Å². The molecule has 0 fully saturated rings. The highest BCUT2D eigenvalue weighted by atomic mass is 15.2. The normalized spacial score (nSPS) is 10.3. The van der Waals surface area contributed by atoms with Gasteiger partial charge in [-0.05, 0) is 24.6 Å². The summed E-state index contributed by atoms with van der Waals surface area (Å²) < 4.78 is 2.07. The fraction of sp³-hybridized carbons (Fsp3) is 0.250. The first kappa shape index (κ1) is 10.5. The zero-order valence-corrected chi connectivity index (χ0v) is 9.35. The van der Waals surface area contributed by atoms with Gasteiger partial charge < -0.3 is 15.6 Å². The minimum atomic E-state index is 0.761. The quantitative estimate of drug-likeness (QED) is 0.769. The average Bonchev–Trinajstić information content (AvgIpc) is 2.76. The maximum Gasteiger partial charge on any atom is 0.203 e. The fourth-order valence-corrected chi connectivity index (χ4v) is 1.55. The summed E-state index contributed by atoms with van der Waals surface area (Å²) in [6, 6.07) is 7.84. The van der Waals surface area contributed by atoms with Crippen molar-refractivity contribution in [3.63, 3.8) is 0 Å². The summed E-state index contributed by atoms with van der Waals surface area (Å²) in [7, 11) is 0. The molecule has 0 aliphatic rings. The Hall–Kier alpha value is -1.97. The third kappa shape index (κ3) is 2.34. The first-order valence-electron chi connectivity index (χ1n) is 5.39. The molecule has 1 aromatic heterocycles. The summed E-state index contributed by atoms with van der Waals surface area (Å²) in [4.78, 5) is 4.25. The van der Waals surface area contributed by atoms with E-state index in [0.29, 0.717) is 0 Å². The van der Waals surface area contributed by atoms with Crippen LogP contribution in [0.4, 0.5) is 11.6 Å². The van der Waals surface area contributed by atoms with E-state index in [-0.39, 0.29) is 0 Å². The van der Waals surface area contributed by atoms with Gasteiger partial charge in [-0.1, -0.05) is 12.1 Å². The highest BCUT2D eigenvalue weighted by Crippen LogP contribution is 2.09.